The summed E-state index contributed by atoms with van der Waals surface area (Å²) in [6, 6.07) is 8.53. The van der Waals surface area contributed by atoms with Gasteiger partial charge in [0.1, 0.15) is 11.9 Å². The topological polar surface area (TPSA) is 94.8 Å². The molecule has 5 rings (SSSR count). The predicted molar refractivity (Wildman–Crippen MR) is 144 cm³/mol. The van der Waals surface area contributed by atoms with E-state index in [-0.39, 0.29) is 12.8 Å². The number of amides is 1. The van der Waals surface area contributed by atoms with Crippen molar-refractivity contribution >= 4 is 11.9 Å². The lowest BCUT2D eigenvalue weighted by Gasteiger charge is -2.43. The summed E-state index contributed by atoms with van der Waals surface area (Å²) in [6.07, 6.45) is 7.36. The Labute approximate surface area is 227 Å². The fourth-order valence-corrected chi connectivity index (χ4v) is 5.52. The van der Waals surface area contributed by atoms with Crippen molar-refractivity contribution in [3.63, 3.8) is 0 Å². The first-order chi connectivity index (χ1) is 19.0. The van der Waals surface area contributed by atoms with Crippen LogP contribution in [0.2, 0.25) is 0 Å². The number of nitrogens with zero attached hydrogens (tertiary/aromatic N) is 6. The van der Waals surface area contributed by atoms with E-state index in [0.717, 1.165) is 30.5 Å². The third-order valence-electron chi connectivity index (χ3n) is 7.61. The van der Waals surface area contributed by atoms with E-state index < -0.39 is 24.3 Å². The smallest absolute Gasteiger partial charge is 0.410 e. The molecule has 1 aromatic carbocycles. The van der Waals surface area contributed by atoms with E-state index in [1.54, 1.807) is 24.5 Å². The van der Waals surface area contributed by atoms with Crippen LogP contribution < -0.4 is 9.64 Å². The molecule has 2 saturated heterocycles. The number of unbranched alkanes of at least 4 members (excludes halogenated alkanes) is 1. The van der Waals surface area contributed by atoms with Gasteiger partial charge in [0.05, 0.1) is 36.4 Å². The molecule has 0 radical (unpaired) electrons. The average Bonchev–Trinajstić information content (AvgIpc) is 3.62. The summed E-state index contributed by atoms with van der Waals surface area (Å²) in [5, 5.41) is 8.89. The summed E-state index contributed by atoms with van der Waals surface area (Å²) < 4.78 is 34.0. The number of anilines is 1. The normalized spacial score (nSPS) is 22.1. The number of rotatable bonds is 10. The Kier molecular flexibility index (Phi) is 8.25. The first-order valence-corrected chi connectivity index (χ1v) is 13.4. The van der Waals surface area contributed by atoms with Gasteiger partial charge in [-0.25, -0.2) is 14.2 Å². The van der Waals surface area contributed by atoms with E-state index >= 15 is 4.39 Å². The molecule has 11 heteroatoms. The number of hydrogen-bond donors (Lipinski definition) is 0. The minimum absolute atomic E-state index is 0.0367. The fourth-order valence-electron chi connectivity index (χ4n) is 5.52. The van der Waals surface area contributed by atoms with Gasteiger partial charge in [0, 0.05) is 44.2 Å². The number of methoxy groups -OCH3 is 1. The van der Waals surface area contributed by atoms with Crippen LogP contribution in [0.25, 0.3) is 16.9 Å². The Morgan fingerprint density at radius 3 is 2.79 bits per heavy atom. The molecular formula is C28H35FN6O4. The van der Waals surface area contributed by atoms with Gasteiger partial charge in [-0.05, 0) is 49.9 Å². The first kappa shape index (κ1) is 26.9. The summed E-state index contributed by atoms with van der Waals surface area (Å²) in [4.78, 5) is 20.2. The van der Waals surface area contributed by atoms with Crippen LogP contribution in [0.1, 0.15) is 39.0 Å². The zero-order valence-electron chi connectivity index (χ0n) is 22.6. The number of carbonyl (C=O) groups excluding carboxylic acids is 1. The zero-order valence-corrected chi connectivity index (χ0v) is 22.6. The van der Waals surface area contributed by atoms with Gasteiger partial charge in [0.25, 0.3) is 0 Å². The highest BCUT2D eigenvalue weighted by molar-refractivity contribution is 5.70. The van der Waals surface area contributed by atoms with Crippen molar-refractivity contribution in [1.82, 2.24) is 24.6 Å². The second-order valence-corrected chi connectivity index (χ2v) is 10.0. The minimum atomic E-state index is -1.21. The number of alkyl halides is 1. The van der Waals surface area contributed by atoms with Crippen LogP contribution in [0.4, 0.5) is 15.0 Å². The van der Waals surface area contributed by atoms with Gasteiger partial charge in [-0.3, -0.25) is 4.90 Å². The Morgan fingerprint density at radius 1 is 1.21 bits per heavy atom. The highest BCUT2D eigenvalue weighted by atomic mass is 19.1. The largest absolute Gasteiger partial charge is 0.467 e. The standard InChI is InChI=1S/C28H35FN6O4/c1-4-5-14-38-28(36)35-20-7-10-23(35)27(29)24(15-20)33(2)26-11-9-22(31-32-26)21-8-6-19(34-13-12-30-17-34)16-25(21)39-18-37-3/h6,8-9,11-13,16-17,20,23-24,27H,4-5,7,10,14-15,18H2,1-3H3/t20-,23+,24-,27+/m1/s1. The van der Waals surface area contributed by atoms with Crippen LogP contribution >= 0.6 is 0 Å². The number of imidazole rings is 1. The van der Waals surface area contributed by atoms with Gasteiger partial charge < -0.3 is 23.7 Å². The number of hydrogen-bond acceptors (Lipinski definition) is 8. The molecule has 0 saturated carbocycles. The molecule has 4 heterocycles. The van der Waals surface area contributed by atoms with Gasteiger partial charge >= 0.3 is 6.09 Å². The van der Waals surface area contributed by atoms with E-state index in [1.807, 2.05) is 60.0 Å². The molecule has 10 nitrogen and oxygen atoms in total. The molecule has 0 aliphatic carbocycles. The predicted octanol–water partition coefficient (Wildman–Crippen LogP) is 4.63. The quantitative estimate of drug-likeness (QED) is 0.273. The highest BCUT2D eigenvalue weighted by Gasteiger charge is 2.51. The van der Waals surface area contributed by atoms with E-state index in [0.29, 0.717) is 36.7 Å². The lowest BCUT2D eigenvalue weighted by molar-refractivity contribution is 0.0306. The molecule has 2 aliphatic rings. The number of halogens is 1. The molecule has 2 fully saturated rings. The number of aromatic nitrogens is 4. The third-order valence-corrected chi connectivity index (χ3v) is 7.61. The summed E-state index contributed by atoms with van der Waals surface area (Å²) in [7, 11) is 3.40. The number of benzene rings is 1. The molecule has 0 spiro atoms. The maximum atomic E-state index is 15.8. The summed E-state index contributed by atoms with van der Waals surface area (Å²) >= 11 is 0. The molecule has 2 aromatic heterocycles. The van der Waals surface area contributed by atoms with Gasteiger partial charge in [-0.2, -0.15) is 0 Å². The molecule has 208 valence electrons. The van der Waals surface area contributed by atoms with Crippen molar-refractivity contribution in [3.8, 4) is 22.7 Å². The highest BCUT2D eigenvalue weighted by Crippen LogP contribution is 2.40. The van der Waals surface area contributed by atoms with E-state index in [9.17, 15) is 4.79 Å². The van der Waals surface area contributed by atoms with Gasteiger partial charge in [-0.1, -0.05) is 13.3 Å². The SMILES string of the molecule is CCCCOC(=O)N1[C@@H]2CC[C@H]1[C@H](F)[C@H](N(C)c1ccc(-c3ccc(-n4ccnc4)cc3OCOC)nn1)C2. The minimum Gasteiger partial charge on any atom is -0.467 e. The van der Waals surface area contributed by atoms with Crippen molar-refractivity contribution in [2.45, 2.75) is 63.3 Å². The van der Waals surface area contributed by atoms with Gasteiger partial charge in [-0.15, -0.1) is 10.2 Å². The van der Waals surface area contributed by atoms with Gasteiger partial charge in [0.2, 0.25) is 0 Å². The molecule has 4 atom stereocenters. The summed E-state index contributed by atoms with van der Waals surface area (Å²) in [6.45, 7) is 2.50. The van der Waals surface area contributed by atoms with Crippen molar-refractivity contribution < 1.29 is 23.4 Å². The zero-order chi connectivity index (χ0) is 27.4. The Balaban J connectivity index is 1.31. The third kappa shape index (κ3) is 5.54. The van der Waals surface area contributed by atoms with E-state index in [1.165, 1.54) is 0 Å². The van der Waals surface area contributed by atoms with Crippen LogP contribution in [0, 0.1) is 0 Å². The van der Waals surface area contributed by atoms with Crippen LogP contribution in [-0.2, 0) is 9.47 Å². The summed E-state index contributed by atoms with van der Waals surface area (Å²) in [5.41, 5.74) is 2.27. The second-order valence-electron chi connectivity index (χ2n) is 10.0. The Bertz CT molecular complexity index is 1240. The molecule has 2 aliphatic heterocycles. The lowest BCUT2D eigenvalue weighted by Crippen LogP contribution is -2.59. The number of fused-ring (bicyclic) bond motifs is 2. The van der Waals surface area contributed by atoms with E-state index in [2.05, 4.69) is 15.2 Å². The van der Waals surface area contributed by atoms with Crippen molar-refractivity contribution in [2.24, 2.45) is 0 Å². The average molecular weight is 539 g/mol. The lowest BCUT2D eigenvalue weighted by atomic mass is 9.94. The van der Waals surface area contributed by atoms with Crippen LogP contribution in [-0.4, -0.2) is 82.6 Å². The number of piperidine rings is 1. The number of carbonyl (C=O) groups is 1. The van der Waals surface area contributed by atoms with Crippen LogP contribution in [0.5, 0.6) is 5.75 Å². The maximum Gasteiger partial charge on any atom is 0.410 e. The number of ether oxygens (including phenoxy) is 3. The van der Waals surface area contributed by atoms with Gasteiger partial charge in [0.15, 0.2) is 12.6 Å². The van der Waals surface area contributed by atoms with Crippen LogP contribution in [0.3, 0.4) is 0 Å². The molecule has 0 N–H and O–H groups in total. The molecule has 3 aromatic rings. The van der Waals surface area contributed by atoms with Crippen LogP contribution in [0.15, 0.2) is 49.1 Å². The summed E-state index contributed by atoms with van der Waals surface area (Å²) in [5.74, 6) is 1.16. The second kappa shape index (κ2) is 12.0. The monoisotopic (exact) mass is 538 g/mol. The molecule has 2 bridgehead atoms. The van der Waals surface area contributed by atoms with Crippen molar-refractivity contribution in [3.05, 3.63) is 49.1 Å². The van der Waals surface area contributed by atoms with Crippen molar-refractivity contribution in [2.75, 3.05) is 32.5 Å². The molecular weight excluding hydrogens is 503 g/mol. The molecule has 39 heavy (non-hydrogen) atoms. The molecule has 1 amide bonds. The maximum absolute atomic E-state index is 15.8. The Morgan fingerprint density at radius 2 is 2.08 bits per heavy atom. The Hall–Kier alpha value is -3.73. The molecule has 0 unspecified atom stereocenters. The van der Waals surface area contributed by atoms with Crippen molar-refractivity contribution in [1.29, 1.82) is 0 Å². The first-order valence-electron chi connectivity index (χ1n) is 13.4. The fraction of sp³-hybridized carbons (Fsp3) is 0.500. The van der Waals surface area contributed by atoms with E-state index in [4.69, 9.17) is 14.2 Å².